The molecule has 1 atom stereocenters. The highest BCUT2D eigenvalue weighted by molar-refractivity contribution is 5.97. The summed E-state index contributed by atoms with van der Waals surface area (Å²) in [4.78, 5) is 45.8. The number of pyridine rings is 1. The van der Waals surface area contributed by atoms with Gasteiger partial charge in [-0.25, -0.2) is 18.7 Å². The molecule has 1 saturated carbocycles. The molecule has 2 amide bonds. The van der Waals surface area contributed by atoms with Gasteiger partial charge in [0.15, 0.2) is 0 Å². The van der Waals surface area contributed by atoms with Gasteiger partial charge in [0, 0.05) is 25.3 Å². The maximum atomic E-state index is 13.3. The van der Waals surface area contributed by atoms with Crippen molar-refractivity contribution in [2.24, 2.45) is 5.92 Å². The Morgan fingerprint density at radius 2 is 1.91 bits per heavy atom. The minimum Gasteiger partial charge on any atom is -0.381 e. The number of rotatable bonds is 4. The van der Waals surface area contributed by atoms with Gasteiger partial charge in [-0.2, -0.15) is 0 Å². The van der Waals surface area contributed by atoms with Crippen LogP contribution in [0.2, 0.25) is 0 Å². The molecule has 32 heavy (non-hydrogen) atoms. The van der Waals surface area contributed by atoms with Crippen LogP contribution in [-0.2, 0) is 15.2 Å². The van der Waals surface area contributed by atoms with Gasteiger partial charge in [0.1, 0.15) is 40.9 Å². The van der Waals surface area contributed by atoms with Crippen molar-refractivity contribution in [1.29, 1.82) is 0 Å². The van der Waals surface area contributed by atoms with Crippen LogP contribution in [0.5, 0.6) is 0 Å². The van der Waals surface area contributed by atoms with Gasteiger partial charge in [-0.05, 0) is 18.6 Å². The summed E-state index contributed by atoms with van der Waals surface area (Å²) in [5.41, 5.74) is -0.161. The van der Waals surface area contributed by atoms with Crippen molar-refractivity contribution in [2.45, 2.75) is 37.8 Å². The Morgan fingerprint density at radius 3 is 2.59 bits per heavy atom. The van der Waals surface area contributed by atoms with Gasteiger partial charge in [0.05, 0.1) is 13.2 Å². The third-order valence-electron chi connectivity index (χ3n) is 6.02. The molecule has 4 heterocycles. The summed E-state index contributed by atoms with van der Waals surface area (Å²) in [6, 6.07) is 2.90. The average Bonchev–Trinajstić information content (AvgIpc) is 3.29. The summed E-state index contributed by atoms with van der Waals surface area (Å²) in [5.74, 6) is -5.26. The number of nitrogens with one attached hydrogen (secondary N) is 3. The molecule has 2 aliphatic heterocycles. The van der Waals surface area contributed by atoms with E-state index in [2.05, 4.69) is 25.9 Å². The Morgan fingerprint density at radius 1 is 1.22 bits per heavy atom. The molecule has 0 radical (unpaired) electrons. The van der Waals surface area contributed by atoms with E-state index in [-0.39, 0.29) is 23.2 Å². The molecule has 12 heteroatoms. The van der Waals surface area contributed by atoms with Crippen molar-refractivity contribution in [2.75, 3.05) is 23.8 Å². The van der Waals surface area contributed by atoms with Crippen LogP contribution in [0.4, 0.5) is 26.1 Å². The number of fused-ring (bicyclic) bond motifs is 2. The molecular weight excluding hydrogens is 426 g/mol. The number of hydrogen-bond donors (Lipinski definition) is 3. The van der Waals surface area contributed by atoms with E-state index in [1.807, 2.05) is 0 Å². The van der Waals surface area contributed by atoms with Gasteiger partial charge in [-0.1, -0.05) is 0 Å². The van der Waals surface area contributed by atoms with Crippen LogP contribution in [0.1, 0.15) is 35.3 Å². The van der Waals surface area contributed by atoms with Crippen LogP contribution in [0.15, 0.2) is 23.3 Å². The lowest BCUT2D eigenvalue weighted by Gasteiger charge is -2.35. The maximum Gasteiger partial charge on any atom is 0.276 e. The van der Waals surface area contributed by atoms with Crippen LogP contribution in [0.3, 0.4) is 0 Å². The number of carbonyl (C=O) groups is 2. The van der Waals surface area contributed by atoms with Gasteiger partial charge in [0.2, 0.25) is 5.91 Å². The average molecular weight is 446 g/mol. The van der Waals surface area contributed by atoms with Crippen LogP contribution in [-0.4, -0.2) is 45.5 Å². The largest absolute Gasteiger partial charge is 0.381 e. The highest BCUT2D eigenvalue weighted by Gasteiger charge is 2.61. The third kappa shape index (κ3) is 3.30. The first-order valence-corrected chi connectivity index (χ1v) is 10.2. The topological polar surface area (TPSA) is 127 Å². The zero-order valence-electron chi connectivity index (χ0n) is 17.1. The molecular formula is C20H20F2N6O4. The Hall–Kier alpha value is -3.41. The fourth-order valence-corrected chi connectivity index (χ4v) is 4.25. The lowest BCUT2D eigenvalue weighted by atomic mass is 10.0. The Bertz CT molecular complexity index is 1190. The Kier molecular flexibility index (Phi) is 4.52. The fraction of sp³-hybridized carbons (Fsp3) is 0.450. The normalized spacial score (nSPS) is 22.2. The first-order valence-electron chi connectivity index (χ1n) is 10.2. The molecule has 5 rings (SSSR count). The number of amides is 2. The van der Waals surface area contributed by atoms with Crippen molar-refractivity contribution < 1.29 is 23.1 Å². The molecule has 10 nitrogen and oxygen atoms in total. The molecule has 3 aliphatic rings. The fourth-order valence-electron chi connectivity index (χ4n) is 4.25. The monoisotopic (exact) mass is 446 g/mol. The van der Waals surface area contributed by atoms with E-state index in [9.17, 15) is 23.2 Å². The number of halogens is 2. The number of anilines is 3. The quantitative estimate of drug-likeness (QED) is 0.649. The highest BCUT2D eigenvalue weighted by atomic mass is 19.3. The second-order valence-electron chi connectivity index (χ2n) is 8.25. The molecule has 2 aromatic heterocycles. The minimum atomic E-state index is -2.99. The van der Waals surface area contributed by atoms with E-state index in [0.29, 0.717) is 37.3 Å². The molecule has 1 spiro atoms. The van der Waals surface area contributed by atoms with Gasteiger partial charge in [-0.15, -0.1) is 0 Å². The lowest BCUT2D eigenvalue weighted by molar-refractivity contribution is -0.119. The van der Waals surface area contributed by atoms with E-state index >= 15 is 0 Å². The van der Waals surface area contributed by atoms with Crippen molar-refractivity contribution in [3.63, 3.8) is 0 Å². The molecule has 2 fully saturated rings. The van der Waals surface area contributed by atoms with Crippen LogP contribution >= 0.6 is 0 Å². The van der Waals surface area contributed by atoms with Crippen molar-refractivity contribution in [3.05, 3.63) is 40.1 Å². The summed E-state index contributed by atoms with van der Waals surface area (Å²) < 4.78 is 33.1. The highest BCUT2D eigenvalue weighted by Crippen LogP contribution is 2.49. The Balaban J connectivity index is 1.44. The summed E-state index contributed by atoms with van der Waals surface area (Å²) in [5, 5.41) is 8.19. The van der Waals surface area contributed by atoms with E-state index in [1.165, 1.54) is 10.6 Å². The van der Waals surface area contributed by atoms with Gasteiger partial charge in [-0.3, -0.25) is 19.0 Å². The predicted octanol–water partition coefficient (Wildman–Crippen LogP) is 1.49. The molecule has 2 aromatic rings. The Labute approximate surface area is 180 Å². The number of hydrogen-bond acceptors (Lipinski definition) is 7. The molecule has 1 unspecified atom stereocenters. The van der Waals surface area contributed by atoms with Crippen molar-refractivity contribution >= 4 is 29.1 Å². The van der Waals surface area contributed by atoms with Crippen molar-refractivity contribution in [1.82, 2.24) is 19.9 Å². The summed E-state index contributed by atoms with van der Waals surface area (Å²) in [7, 11) is 0. The van der Waals surface area contributed by atoms with E-state index in [4.69, 9.17) is 4.74 Å². The number of aromatic nitrogens is 3. The second-order valence-corrected chi connectivity index (χ2v) is 8.25. The summed E-state index contributed by atoms with van der Waals surface area (Å²) >= 11 is 0. The van der Waals surface area contributed by atoms with E-state index in [0.717, 1.165) is 6.33 Å². The number of nitrogens with zero attached hydrogens (tertiary/aromatic N) is 3. The SMILES string of the molecule is Cc1cc(Nc2cc(NC(=O)C3CC3(F)F)ncn2)c(=O)n2c1C(=O)NC21CCOCC1. The molecule has 168 valence electrons. The first kappa shape index (κ1) is 20.5. The molecule has 1 aliphatic carbocycles. The van der Waals surface area contributed by atoms with Gasteiger partial charge >= 0.3 is 0 Å². The third-order valence-corrected chi connectivity index (χ3v) is 6.02. The van der Waals surface area contributed by atoms with Crippen LogP contribution in [0.25, 0.3) is 0 Å². The molecule has 1 saturated heterocycles. The zero-order chi connectivity index (χ0) is 22.7. The summed E-state index contributed by atoms with van der Waals surface area (Å²) in [6.45, 7) is 2.56. The number of carbonyl (C=O) groups excluding carboxylic acids is 2. The van der Waals surface area contributed by atoms with Gasteiger partial charge < -0.3 is 20.7 Å². The lowest BCUT2D eigenvalue weighted by Crippen LogP contribution is -2.51. The minimum absolute atomic E-state index is 0.0333. The summed E-state index contributed by atoms with van der Waals surface area (Å²) in [6.07, 6.45) is 1.58. The van der Waals surface area contributed by atoms with Gasteiger partial charge in [0.25, 0.3) is 17.4 Å². The number of alkyl halides is 2. The molecule has 0 bridgehead atoms. The van der Waals surface area contributed by atoms with Crippen molar-refractivity contribution in [3.8, 4) is 0 Å². The maximum absolute atomic E-state index is 13.3. The molecule has 3 N–H and O–H groups in total. The second kappa shape index (κ2) is 7.05. The smallest absolute Gasteiger partial charge is 0.276 e. The number of ether oxygens (including phenoxy) is 1. The van der Waals surface area contributed by atoms with E-state index in [1.54, 1.807) is 13.0 Å². The standard InChI is InChI=1S/C20H20F2N6O4/c1-10-6-12(18(31)28-15(10)17(30)27-19(28)2-4-32-5-3-19)25-13-7-14(24-9-23-13)26-16(29)11-8-20(11,21)22/h6-7,9,11H,2-5,8H2,1H3,(H,27,30)(H2,23,24,25,26,29). The number of aryl methyl sites for hydroxylation is 1. The van der Waals surface area contributed by atoms with Crippen LogP contribution < -0.4 is 21.5 Å². The first-order chi connectivity index (χ1) is 15.2. The molecule has 0 aromatic carbocycles. The van der Waals surface area contributed by atoms with Crippen LogP contribution in [0, 0.1) is 12.8 Å². The predicted molar refractivity (Wildman–Crippen MR) is 108 cm³/mol. The van der Waals surface area contributed by atoms with E-state index < -0.39 is 35.4 Å². The zero-order valence-corrected chi connectivity index (χ0v) is 17.1.